The van der Waals surface area contributed by atoms with E-state index in [0.717, 1.165) is 11.1 Å². The van der Waals surface area contributed by atoms with Crippen molar-refractivity contribution in [3.05, 3.63) is 59.9 Å². The van der Waals surface area contributed by atoms with Crippen molar-refractivity contribution in [2.24, 2.45) is 5.73 Å². The van der Waals surface area contributed by atoms with E-state index >= 15 is 0 Å². The molecule has 24 heavy (non-hydrogen) atoms. The molecule has 0 unspecified atom stereocenters. The largest absolute Gasteiger partial charge is 0.493 e. The second-order valence-corrected chi connectivity index (χ2v) is 5.23. The van der Waals surface area contributed by atoms with Gasteiger partial charge in [-0.2, -0.15) is 5.10 Å². The number of hydrogen-bond acceptors (Lipinski definition) is 5. The number of methoxy groups -OCH3 is 1. The molecule has 1 aromatic heterocycles. The Hall–Kier alpha value is -2.86. The van der Waals surface area contributed by atoms with Gasteiger partial charge in [0.25, 0.3) is 0 Å². The van der Waals surface area contributed by atoms with E-state index in [1.807, 2.05) is 55.5 Å². The van der Waals surface area contributed by atoms with Gasteiger partial charge in [-0.3, -0.25) is 5.10 Å². The Morgan fingerprint density at radius 3 is 2.62 bits per heavy atom. The van der Waals surface area contributed by atoms with Gasteiger partial charge in [0.15, 0.2) is 17.3 Å². The molecule has 0 aliphatic heterocycles. The normalized spacial score (nSPS) is 12.0. The molecule has 0 spiro atoms. The van der Waals surface area contributed by atoms with E-state index in [2.05, 4.69) is 15.2 Å². The van der Waals surface area contributed by atoms with Gasteiger partial charge in [-0.25, -0.2) is 4.98 Å². The Kier molecular flexibility index (Phi) is 4.77. The first-order chi connectivity index (χ1) is 11.7. The quantitative estimate of drug-likeness (QED) is 0.728. The fraction of sp³-hybridized carbons (Fsp3) is 0.222. The summed E-state index contributed by atoms with van der Waals surface area (Å²) in [5, 5.41) is 7.17. The van der Waals surface area contributed by atoms with Crippen LogP contribution >= 0.6 is 0 Å². The van der Waals surface area contributed by atoms with Gasteiger partial charge < -0.3 is 15.2 Å². The minimum Gasteiger partial charge on any atom is -0.493 e. The van der Waals surface area contributed by atoms with Crippen molar-refractivity contribution >= 4 is 0 Å². The fourth-order valence-corrected chi connectivity index (χ4v) is 2.44. The van der Waals surface area contributed by atoms with Crippen LogP contribution in [0.4, 0.5) is 0 Å². The number of rotatable bonds is 6. The van der Waals surface area contributed by atoms with Crippen LogP contribution in [0, 0.1) is 0 Å². The lowest BCUT2D eigenvalue weighted by Crippen LogP contribution is -2.14. The molecular formula is C18H20N4O2. The number of nitrogens with one attached hydrogen (secondary N) is 1. The second kappa shape index (κ2) is 7.14. The summed E-state index contributed by atoms with van der Waals surface area (Å²) in [6, 6.07) is 15.0. The van der Waals surface area contributed by atoms with Gasteiger partial charge in [-0.05, 0) is 24.6 Å². The molecule has 6 nitrogen and oxygen atoms in total. The summed E-state index contributed by atoms with van der Waals surface area (Å²) in [6.07, 6.45) is 0. The van der Waals surface area contributed by atoms with Gasteiger partial charge in [-0.1, -0.05) is 36.4 Å². The van der Waals surface area contributed by atoms with Gasteiger partial charge in [0.2, 0.25) is 0 Å². The highest BCUT2D eigenvalue weighted by atomic mass is 16.5. The highest BCUT2D eigenvalue weighted by Gasteiger charge is 2.17. The lowest BCUT2D eigenvalue weighted by Gasteiger charge is -2.13. The van der Waals surface area contributed by atoms with Crippen LogP contribution in [0.1, 0.15) is 24.4 Å². The number of hydrogen-bond donors (Lipinski definition) is 2. The Bertz CT molecular complexity index is 802. The molecule has 1 heterocycles. The molecule has 3 N–H and O–H groups in total. The van der Waals surface area contributed by atoms with Crippen LogP contribution in [-0.2, 0) is 0 Å². The summed E-state index contributed by atoms with van der Waals surface area (Å²) >= 11 is 0. The first-order valence-electron chi connectivity index (χ1n) is 7.77. The standard InChI is InChI=1S/C18H20N4O2/c1-3-24-14-10-9-13(11-15(14)23-2)16(19)18-20-17(21-22-18)12-7-5-4-6-8-12/h4-11,16H,3,19H2,1-2H3,(H,20,21,22)/t16-/m0/s1. The Labute approximate surface area is 140 Å². The Morgan fingerprint density at radius 1 is 1.12 bits per heavy atom. The molecule has 3 rings (SSSR count). The summed E-state index contributed by atoms with van der Waals surface area (Å²) in [6.45, 7) is 2.50. The van der Waals surface area contributed by atoms with Crippen LogP contribution in [0.5, 0.6) is 11.5 Å². The molecule has 0 radical (unpaired) electrons. The van der Waals surface area contributed by atoms with Crippen LogP contribution in [0.15, 0.2) is 48.5 Å². The average Bonchev–Trinajstić information content (AvgIpc) is 3.12. The number of benzene rings is 2. The predicted octanol–water partition coefficient (Wildman–Crippen LogP) is 2.93. The highest BCUT2D eigenvalue weighted by Crippen LogP contribution is 2.31. The third-order valence-corrected chi connectivity index (χ3v) is 3.68. The molecule has 3 aromatic rings. The summed E-state index contributed by atoms with van der Waals surface area (Å²) in [5.41, 5.74) is 8.13. The van der Waals surface area contributed by atoms with Crippen LogP contribution in [0.25, 0.3) is 11.4 Å². The SMILES string of the molecule is CCOc1ccc([C@H](N)c2nc(-c3ccccc3)n[nH]2)cc1OC. The molecule has 1 atom stereocenters. The van der Waals surface area contributed by atoms with Crippen molar-refractivity contribution in [2.75, 3.05) is 13.7 Å². The van der Waals surface area contributed by atoms with Crippen molar-refractivity contribution in [3.63, 3.8) is 0 Å². The van der Waals surface area contributed by atoms with E-state index in [4.69, 9.17) is 15.2 Å². The zero-order chi connectivity index (χ0) is 16.9. The van der Waals surface area contributed by atoms with Gasteiger partial charge in [0.05, 0.1) is 19.8 Å². The van der Waals surface area contributed by atoms with Crippen molar-refractivity contribution in [1.82, 2.24) is 15.2 Å². The number of aromatic amines is 1. The lowest BCUT2D eigenvalue weighted by atomic mass is 10.1. The molecule has 0 amide bonds. The van der Waals surface area contributed by atoms with Gasteiger partial charge in [0.1, 0.15) is 5.82 Å². The van der Waals surface area contributed by atoms with E-state index in [9.17, 15) is 0 Å². The maximum absolute atomic E-state index is 6.33. The Morgan fingerprint density at radius 2 is 1.92 bits per heavy atom. The van der Waals surface area contributed by atoms with Crippen LogP contribution in [0.3, 0.4) is 0 Å². The Balaban J connectivity index is 1.87. The maximum Gasteiger partial charge on any atom is 0.181 e. The van der Waals surface area contributed by atoms with Crippen LogP contribution in [-0.4, -0.2) is 28.9 Å². The first-order valence-corrected chi connectivity index (χ1v) is 7.77. The summed E-state index contributed by atoms with van der Waals surface area (Å²) in [7, 11) is 1.61. The molecule has 2 aromatic carbocycles. The number of nitrogens with two attached hydrogens (primary N) is 1. The van der Waals surface area contributed by atoms with Crippen molar-refractivity contribution in [3.8, 4) is 22.9 Å². The van der Waals surface area contributed by atoms with E-state index in [1.165, 1.54) is 0 Å². The molecule has 0 aliphatic rings. The summed E-state index contributed by atoms with van der Waals surface area (Å²) in [5.74, 6) is 2.56. The zero-order valence-corrected chi connectivity index (χ0v) is 13.7. The number of H-pyrrole nitrogens is 1. The molecular weight excluding hydrogens is 304 g/mol. The maximum atomic E-state index is 6.33. The number of ether oxygens (including phenoxy) is 2. The predicted molar refractivity (Wildman–Crippen MR) is 92.0 cm³/mol. The highest BCUT2D eigenvalue weighted by molar-refractivity contribution is 5.54. The third-order valence-electron chi connectivity index (χ3n) is 3.68. The van der Waals surface area contributed by atoms with E-state index < -0.39 is 6.04 Å². The minimum atomic E-state index is -0.431. The number of nitrogens with zero attached hydrogens (tertiary/aromatic N) is 2. The monoisotopic (exact) mass is 324 g/mol. The van der Waals surface area contributed by atoms with Crippen LogP contribution in [0.2, 0.25) is 0 Å². The third kappa shape index (κ3) is 3.23. The fourth-order valence-electron chi connectivity index (χ4n) is 2.44. The van der Waals surface area contributed by atoms with Gasteiger partial charge in [0, 0.05) is 5.56 Å². The minimum absolute atomic E-state index is 0.431. The van der Waals surface area contributed by atoms with E-state index in [-0.39, 0.29) is 0 Å². The van der Waals surface area contributed by atoms with Crippen molar-refractivity contribution in [2.45, 2.75) is 13.0 Å². The molecule has 124 valence electrons. The summed E-state index contributed by atoms with van der Waals surface area (Å²) in [4.78, 5) is 4.51. The van der Waals surface area contributed by atoms with E-state index in [0.29, 0.717) is 29.8 Å². The van der Waals surface area contributed by atoms with Gasteiger partial charge in [-0.15, -0.1) is 0 Å². The molecule has 0 aliphatic carbocycles. The average molecular weight is 324 g/mol. The van der Waals surface area contributed by atoms with Crippen LogP contribution < -0.4 is 15.2 Å². The van der Waals surface area contributed by atoms with Crippen molar-refractivity contribution < 1.29 is 9.47 Å². The first kappa shape index (κ1) is 16.0. The molecule has 0 bridgehead atoms. The smallest absolute Gasteiger partial charge is 0.181 e. The molecule has 0 saturated heterocycles. The van der Waals surface area contributed by atoms with E-state index in [1.54, 1.807) is 7.11 Å². The molecule has 6 heteroatoms. The second-order valence-electron chi connectivity index (χ2n) is 5.23. The lowest BCUT2D eigenvalue weighted by molar-refractivity contribution is 0.310. The number of aromatic nitrogens is 3. The van der Waals surface area contributed by atoms with Crippen molar-refractivity contribution in [1.29, 1.82) is 0 Å². The topological polar surface area (TPSA) is 86.0 Å². The van der Waals surface area contributed by atoms with Gasteiger partial charge >= 0.3 is 0 Å². The zero-order valence-electron chi connectivity index (χ0n) is 13.7. The molecule has 0 fully saturated rings. The summed E-state index contributed by atoms with van der Waals surface area (Å²) < 4.78 is 10.9. The molecule has 0 saturated carbocycles.